The Labute approximate surface area is 214 Å². The van der Waals surface area contributed by atoms with E-state index in [1.165, 1.54) is 66.6 Å². The molecule has 0 spiro atoms. The van der Waals surface area contributed by atoms with Gasteiger partial charge in [-0.05, 0) is 122 Å². The zero-order chi connectivity index (χ0) is 25.7. The average molecular weight is 479 g/mol. The smallest absolute Gasteiger partial charge is 0.0691 e. The third kappa shape index (κ3) is 3.75. The van der Waals surface area contributed by atoms with E-state index < -0.39 is 0 Å². The molecule has 8 bridgehead atoms. The van der Waals surface area contributed by atoms with Crippen LogP contribution < -0.4 is 0 Å². The van der Waals surface area contributed by atoms with Crippen molar-refractivity contribution in [2.45, 2.75) is 81.1 Å². The van der Waals surface area contributed by atoms with Crippen LogP contribution >= 0.6 is 0 Å². The van der Waals surface area contributed by atoms with E-state index in [-0.39, 0.29) is 0 Å². The molecule has 2 aliphatic heterocycles. The SMILES string of the molecule is CCc1c(CC)c2cc3[nH]c(cc4nc(cc5nc(cc1[nH]2)C(C)=C5C)C(C)=C4C)c(CC)c3CC. The molecule has 0 aromatic carbocycles. The lowest BCUT2D eigenvalue weighted by Crippen LogP contribution is -1.87. The number of hydrogen-bond acceptors (Lipinski definition) is 2. The van der Waals surface area contributed by atoms with Gasteiger partial charge in [-0.1, -0.05) is 27.7 Å². The molecular formula is C32H38N4. The number of fused-ring (bicyclic) bond motifs is 8. The third-order valence-corrected chi connectivity index (χ3v) is 8.25. The van der Waals surface area contributed by atoms with Crippen molar-refractivity contribution in [2.75, 3.05) is 0 Å². The summed E-state index contributed by atoms with van der Waals surface area (Å²) >= 11 is 0. The fourth-order valence-corrected chi connectivity index (χ4v) is 5.82. The Morgan fingerprint density at radius 1 is 0.444 bits per heavy atom. The van der Waals surface area contributed by atoms with Crippen LogP contribution in [0.25, 0.3) is 44.4 Å². The predicted octanol–water partition coefficient (Wildman–Crippen LogP) is 8.47. The molecule has 0 amide bonds. The first-order valence-corrected chi connectivity index (χ1v) is 13.4. The maximum atomic E-state index is 5.08. The number of aryl methyl sites for hydroxylation is 4. The molecule has 2 aliphatic rings. The fraction of sp³-hybridized carbons (Fsp3) is 0.375. The van der Waals surface area contributed by atoms with Crippen molar-refractivity contribution in [3.8, 4) is 0 Å². The average Bonchev–Trinajstić information content (AvgIpc) is 3.54. The van der Waals surface area contributed by atoms with Crippen LogP contribution in [-0.4, -0.2) is 19.9 Å². The highest BCUT2D eigenvalue weighted by molar-refractivity contribution is 5.94. The van der Waals surface area contributed by atoms with Gasteiger partial charge in [-0.3, -0.25) is 0 Å². The summed E-state index contributed by atoms with van der Waals surface area (Å²) in [6.45, 7) is 17.7. The van der Waals surface area contributed by atoms with Crippen LogP contribution in [0.1, 0.15) is 100 Å². The molecule has 0 fully saturated rings. The molecule has 2 N–H and O–H groups in total. The lowest BCUT2D eigenvalue weighted by atomic mass is 10.0. The molecule has 3 aromatic heterocycles. The van der Waals surface area contributed by atoms with Crippen LogP contribution in [0.15, 0.2) is 24.3 Å². The van der Waals surface area contributed by atoms with Crippen LogP contribution in [0.2, 0.25) is 0 Å². The van der Waals surface area contributed by atoms with Crippen LogP contribution in [-0.2, 0) is 25.7 Å². The van der Waals surface area contributed by atoms with E-state index in [0.29, 0.717) is 0 Å². The van der Waals surface area contributed by atoms with Gasteiger partial charge in [-0.2, -0.15) is 0 Å². The van der Waals surface area contributed by atoms with E-state index in [2.05, 4.69) is 89.6 Å². The van der Waals surface area contributed by atoms with E-state index in [1.54, 1.807) is 0 Å². The van der Waals surface area contributed by atoms with Crippen LogP contribution in [0.3, 0.4) is 0 Å². The largest absolute Gasteiger partial charge is 0.355 e. The summed E-state index contributed by atoms with van der Waals surface area (Å²) in [5.41, 5.74) is 19.3. The van der Waals surface area contributed by atoms with Gasteiger partial charge in [0.25, 0.3) is 0 Å². The molecule has 0 saturated heterocycles. The van der Waals surface area contributed by atoms with E-state index in [1.807, 2.05) is 0 Å². The van der Waals surface area contributed by atoms with Crippen LogP contribution in [0.4, 0.5) is 0 Å². The zero-order valence-electron chi connectivity index (χ0n) is 23.0. The molecule has 4 nitrogen and oxygen atoms in total. The summed E-state index contributed by atoms with van der Waals surface area (Å²) in [4.78, 5) is 17.7. The number of H-pyrrole nitrogens is 2. The Morgan fingerprint density at radius 2 is 0.722 bits per heavy atom. The summed E-state index contributed by atoms with van der Waals surface area (Å²) in [7, 11) is 0. The molecule has 186 valence electrons. The van der Waals surface area contributed by atoms with Crippen molar-refractivity contribution in [1.82, 2.24) is 19.9 Å². The van der Waals surface area contributed by atoms with Crippen molar-refractivity contribution in [2.24, 2.45) is 0 Å². The van der Waals surface area contributed by atoms with Crippen LogP contribution in [0, 0.1) is 0 Å². The molecule has 0 saturated carbocycles. The van der Waals surface area contributed by atoms with Gasteiger partial charge in [-0.15, -0.1) is 0 Å². The van der Waals surface area contributed by atoms with Gasteiger partial charge in [0.15, 0.2) is 0 Å². The Hall–Kier alpha value is -3.40. The quantitative estimate of drug-likeness (QED) is 0.395. The number of allylic oxidation sites excluding steroid dienone is 4. The molecule has 36 heavy (non-hydrogen) atoms. The van der Waals surface area contributed by atoms with Crippen LogP contribution in [0.5, 0.6) is 0 Å². The molecule has 0 atom stereocenters. The normalized spacial score (nSPS) is 13.8. The predicted molar refractivity (Wildman–Crippen MR) is 155 cm³/mol. The van der Waals surface area contributed by atoms with E-state index >= 15 is 0 Å². The molecule has 0 aliphatic carbocycles. The minimum Gasteiger partial charge on any atom is -0.355 e. The summed E-state index contributed by atoms with van der Waals surface area (Å²) in [5.74, 6) is 0. The summed E-state index contributed by atoms with van der Waals surface area (Å²) in [5, 5.41) is 0. The van der Waals surface area contributed by atoms with Gasteiger partial charge in [-0.25, -0.2) is 9.97 Å². The fourth-order valence-electron chi connectivity index (χ4n) is 5.82. The van der Waals surface area contributed by atoms with Crippen molar-refractivity contribution in [1.29, 1.82) is 0 Å². The topological polar surface area (TPSA) is 57.4 Å². The molecule has 0 radical (unpaired) electrons. The molecule has 3 aromatic rings. The molecule has 5 heterocycles. The van der Waals surface area contributed by atoms with E-state index in [4.69, 9.17) is 9.97 Å². The van der Waals surface area contributed by atoms with Crippen molar-refractivity contribution in [3.63, 3.8) is 0 Å². The van der Waals surface area contributed by atoms with E-state index in [9.17, 15) is 0 Å². The van der Waals surface area contributed by atoms with E-state index in [0.717, 1.165) is 48.5 Å². The van der Waals surface area contributed by atoms with Gasteiger partial charge in [0, 0.05) is 22.1 Å². The van der Waals surface area contributed by atoms with Crippen molar-refractivity contribution in [3.05, 3.63) is 69.3 Å². The number of nitrogens with zero attached hydrogens (tertiary/aromatic N) is 2. The number of rotatable bonds is 4. The van der Waals surface area contributed by atoms with Gasteiger partial charge in [0.1, 0.15) is 0 Å². The van der Waals surface area contributed by atoms with Crippen molar-refractivity contribution >= 4 is 44.4 Å². The molecule has 0 unspecified atom stereocenters. The molecular weight excluding hydrogens is 440 g/mol. The minimum atomic E-state index is 0.986. The number of aromatic nitrogens is 4. The summed E-state index contributed by atoms with van der Waals surface area (Å²) in [6, 6.07) is 8.98. The summed E-state index contributed by atoms with van der Waals surface area (Å²) in [6.07, 6.45) is 3.95. The molecule has 5 rings (SSSR count). The Morgan fingerprint density at radius 3 is 1.03 bits per heavy atom. The first kappa shape index (κ1) is 24.3. The van der Waals surface area contributed by atoms with Gasteiger partial charge in [0.05, 0.1) is 22.8 Å². The van der Waals surface area contributed by atoms with Gasteiger partial charge < -0.3 is 9.97 Å². The second-order valence-electron chi connectivity index (χ2n) is 10.1. The highest BCUT2D eigenvalue weighted by Crippen LogP contribution is 2.35. The van der Waals surface area contributed by atoms with Gasteiger partial charge >= 0.3 is 0 Å². The second-order valence-corrected chi connectivity index (χ2v) is 10.1. The first-order valence-electron chi connectivity index (χ1n) is 13.4. The van der Waals surface area contributed by atoms with Gasteiger partial charge in [0.2, 0.25) is 0 Å². The Kier molecular flexibility index (Phi) is 6.23. The summed E-state index contributed by atoms with van der Waals surface area (Å²) < 4.78 is 0. The highest BCUT2D eigenvalue weighted by atomic mass is 14.8. The maximum Gasteiger partial charge on any atom is 0.0691 e. The number of aromatic amines is 2. The highest BCUT2D eigenvalue weighted by Gasteiger charge is 2.19. The third-order valence-electron chi connectivity index (χ3n) is 8.25. The lowest BCUT2D eigenvalue weighted by Gasteiger charge is -2.00. The number of nitrogens with one attached hydrogen (secondary N) is 2. The Bertz CT molecular complexity index is 1490. The maximum absolute atomic E-state index is 5.08. The zero-order valence-corrected chi connectivity index (χ0v) is 23.0. The second kappa shape index (κ2) is 9.24. The standard InChI is InChI=1S/C32H38N4/c1-9-21-23(11-3)31-16-32-24(12-4)22(10-2)30(36-32)15-28-20(8)18(6)26(34-28)13-25-17(5)19(7)27(33-25)14-29(21)35-31/h13-16,35-36H,9-12H2,1-8H3. The van der Waals surface area contributed by atoms with Crippen molar-refractivity contribution < 1.29 is 0 Å². The Balaban J connectivity index is 2.01. The number of hydrogen-bond donors (Lipinski definition) is 2. The molecule has 4 heteroatoms. The minimum absolute atomic E-state index is 0.986. The first-order chi connectivity index (χ1) is 17.3. The monoisotopic (exact) mass is 478 g/mol. The lowest BCUT2D eigenvalue weighted by molar-refractivity contribution is 1.07.